The molecule has 5 nitrogen and oxygen atoms in total. The molecule has 2 N–H and O–H groups in total. The van der Waals surface area contributed by atoms with E-state index in [9.17, 15) is 9.59 Å². The molecule has 0 saturated carbocycles. The van der Waals surface area contributed by atoms with Crippen molar-refractivity contribution < 1.29 is 9.59 Å². The lowest BCUT2D eigenvalue weighted by Crippen LogP contribution is -2.43. The summed E-state index contributed by atoms with van der Waals surface area (Å²) >= 11 is 6.14. The monoisotopic (exact) mass is 393 g/mol. The van der Waals surface area contributed by atoms with E-state index in [4.69, 9.17) is 17.3 Å². The Hall–Kier alpha value is -3.18. The van der Waals surface area contributed by atoms with Crippen LogP contribution in [0.2, 0.25) is 5.02 Å². The maximum atomic E-state index is 13.4. The number of benzene rings is 2. The summed E-state index contributed by atoms with van der Waals surface area (Å²) in [6, 6.07) is 19.7. The van der Waals surface area contributed by atoms with Crippen molar-refractivity contribution in [2.24, 2.45) is 5.73 Å². The van der Waals surface area contributed by atoms with Crippen molar-refractivity contribution in [1.82, 2.24) is 9.88 Å². The van der Waals surface area contributed by atoms with Crippen LogP contribution in [-0.4, -0.2) is 21.7 Å². The molecular weight excluding hydrogens is 374 g/mol. The first-order valence-corrected chi connectivity index (χ1v) is 9.20. The molecule has 0 fully saturated rings. The fourth-order valence-electron chi connectivity index (χ4n) is 3.14. The summed E-state index contributed by atoms with van der Waals surface area (Å²) in [4.78, 5) is 31.6. The van der Waals surface area contributed by atoms with E-state index in [0.717, 1.165) is 5.56 Å². The molecule has 2 aromatic carbocycles. The molecule has 1 heterocycles. The van der Waals surface area contributed by atoms with E-state index in [1.165, 1.54) is 4.90 Å². The molecule has 1 aromatic heterocycles. The topological polar surface area (TPSA) is 76.3 Å². The van der Waals surface area contributed by atoms with Crippen LogP contribution in [0.3, 0.4) is 0 Å². The van der Waals surface area contributed by atoms with Gasteiger partial charge in [-0.25, -0.2) is 0 Å². The lowest BCUT2D eigenvalue weighted by Gasteiger charge is -2.35. The van der Waals surface area contributed by atoms with Gasteiger partial charge in [0, 0.05) is 16.8 Å². The molecule has 28 heavy (non-hydrogen) atoms. The third-order valence-electron chi connectivity index (χ3n) is 4.52. The molecule has 3 aromatic rings. The van der Waals surface area contributed by atoms with Crippen LogP contribution in [0, 0.1) is 0 Å². The number of rotatable bonds is 6. The van der Waals surface area contributed by atoms with Crippen molar-refractivity contribution in [3.8, 4) is 0 Å². The van der Waals surface area contributed by atoms with Crippen molar-refractivity contribution in [1.29, 1.82) is 0 Å². The average Bonchev–Trinajstić information content (AvgIpc) is 2.72. The fourth-order valence-corrected chi connectivity index (χ4v) is 3.34. The van der Waals surface area contributed by atoms with Gasteiger partial charge in [-0.05, 0) is 48.9 Å². The van der Waals surface area contributed by atoms with Gasteiger partial charge < -0.3 is 10.6 Å². The second-order valence-corrected chi connectivity index (χ2v) is 6.81. The highest BCUT2D eigenvalue weighted by Crippen LogP contribution is 2.32. The lowest BCUT2D eigenvalue weighted by molar-refractivity contribution is -0.123. The summed E-state index contributed by atoms with van der Waals surface area (Å²) in [6.07, 6.45) is 1.57. The van der Waals surface area contributed by atoms with Crippen molar-refractivity contribution in [3.05, 3.63) is 101 Å². The number of hydrogen-bond donors (Lipinski definition) is 1. The largest absolute Gasteiger partial charge is 0.368 e. The third kappa shape index (κ3) is 4.21. The van der Waals surface area contributed by atoms with Crippen LogP contribution in [0.15, 0.2) is 79.0 Å². The molecule has 0 unspecified atom stereocenters. The van der Waals surface area contributed by atoms with Crippen LogP contribution in [0.4, 0.5) is 0 Å². The van der Waals surface area contributed by atoms with Crippen molar-refractivity contribution in [2.45, 2.75) is 19.0 Å². The predicted octanol–water partition coefficient (Wildman–Crippen LogP) is 4.17. The molecule has 0 saturated heterocycles. The minimum absolute atomic E-state index is 0.317. The van der Waals surface area contributed by atoms with Crippen molar-refractivity contribution >= 4 is 23.4 Å². The summed E-state index contributed by atoms with van der Waals surface area (Å²) in [5.41, 5.74) is 7.39. The molecule has 0 spiro atoms. The number of amides is 2. The molecule has 0 bridgehead atoms. The molecule has 0 aliphatic heterocycles. The van der Waals surface area contributed by atoms with Gasteiger partial charge in [-0.3, -0.25) is 14.6 Å². The fraction of sp³-hybridized carbons (Fsp3) is 0.136. The highest BCUT2D eigenvalue weighted by molar-refractivity contribution is 6.30. The van der Waals surface area contributed by atoms with Crippen LogP contribution in [0.5, 0.6) is 0 Å². The van der Waals surface area contributed by atoms with Gasteiger partial charge in [-0.1, -0.05) is 48.0 Å². The number of aromatic nitrogens is 1. The van der Waals surface area contributed by atoms with Crippen LogP contribution >= 0.6 is 11.6 Å². The first kappa shape index (κ1) is 19.6. The maximum absolute atomic E-state index is 13.4. The van der Waals surface area contributed by atoms with Gasteiger partial charge in [0.15, 0.2) is 6.04 Å². The van der Waals surface area contributed by atoms with E-state index < -0.39 is 18.0 Å². The summed E-state index contributed by atoms with van der Waals surface area (Å²) in [7, 11) is 0. The number of nitrogens with zero attached hydrogens (tertiary/aromatic N) is 2. The van der Waals surface area contributed by atoms with Crippen LogP contribution in [0.1, 0.15) is 40.6 Å². The molecule has 0 aliphatic rings. The number of carbonyl (C=O) groups is 2. The Balaban J connectivity index is 2.12. The molecular formula is C22H20ClN3O2. The number of nitrogens with two attached hydrogens (primary N) is 1. The van der Waals surface area contributed by atoms with Gasteiger partial charge in [0.25, 0.3) is 5.91 Å². The zero-order valence-electron chi connectivity index (χ0n) is 15.3. The van der Waals surface area contributed by atoms with E-state index in [-0.39, 0.29) is 5.91 Å². The normalized spacial score (nSPS) is 12.8. The standard InChI is InChI=1S/C22H20ClN3O2/c1-15(17-10-7-11-18(23)14-17)26(22(28)16-8-3-2-4-9-16)20(21(24)27)19-12-5-6-13-25-19/h2-15,20H,1H3,(H2,24,27)/t15-,20-/m1/s1. The molecule has 2 atom stereocenters. The highest BCUT2D eigenvalue weighted by Gasteiger charge is 2.35. The SMILES string of the molecule is C[C@H](c1cccc(Cl)c1)N(C(=O)c1ccccc1)[C@@H](C(N)=O)c1ccccn1. The van der Waals surface area contributed by atoms with Gasteiger partial charge in [-0.2, -0.15) is 0 Å². The van der Waals surface area contributed by atoms with Gasteiger partial charge >= 0.3 is 0 Å². The second kappa shape index (κ2) is 8.67. The Morgan fingerprint density at radius 2 is 1.71 bits per heavy atom. The van der Waals surface area contributed by atoms with Crippen molar-refractivity contribution in [3.63, 3.8) is 0 Å². The minimum atomic E-state index is -1.03. The number of halogens is 1. The van der Waals surface area contributed by atoms with Gasteiger partial charge in [-0.15, -0.1) is 0 Å². The molecule has 2 amide bonds. The molecule has 142 valence electrons. The molecule has 6 heteroatoms. The van der Waals surface area contributed by atoms with E-state index in [0.29, 0.717) is 16.3 Å². The summed E-state index contributed by atoms with van der Waals surface area (Å²) in [6.45, 7) is 1.84. The summed E-state index contributed by atoms with van der Waals surface area (Å²) in [5.74, 6) is -0.973. The van der Waals surface area contributed by atoms with Crippen LogP contribution in [-0.2, 0) is 4.79 Å². The number of pyridine rings is 1. The van der Waals surface area contributed by atoms with E-state index >= 15 is 0 Å². The van der Waals surface area contributed by atoms with Crippen LogP contribution < -0.4 is 5.73 Å². The zero-order chi connectivity index (χ0) is 20.1. The Morgan fingerprint density at radius 3 is 2.32 bits per heavy atom. The van der Waals surface area contributed by atoms with Gasteiger partial charge in [0.2, 0.25) is 5.91 Å². The minimum Gasteiger partial charge on any atom is -0.368 e. The quantitative estimate of drug-likeness (QED) is 0.683. The lowest BCUT2D eigenvalue weighted by atomic mass is 10.0. The smallest absolute Gasteiger partial charge is 0.255 e. The third-order valence-corrected chi connectivity index (χ3v) is 4.75. The number of carbonyl (C=O) groups excluding carboxylic acids is 2. The van der Waals surface area contributed by atoms with E-state index in [1.807, 2.05) is 19.1 Å². The zero-order valence-corrected chi connectivity index (χ0v) is 16.1. The van der Waals surface area contributed by atoms with Gasteiger partial charge in [0.1, 0.15) is 0 Å². The molecule has 3 rings (SSSR count). The Morgan fingerprint density at radius 1 is 1.00 bits per heavy atom. The number of hydrogen-bond acceptors (Lipinski definition) is 3. The van der Waals surface area contributed by atoms with E-state index in [1.54, 1.807) is 66.9 Å². The summed E-state index contributed by atoms with van der Waals surface area (Å²) in [5, 5.41) is 0.546. The Kier molecular flexibility index (Phi) is 6.06. The van der Waals surface area contributed by atoms with Crippen molar-refractivity contribution in [2.75, 3.05) is 0 Å². The number of primary amides is 1. The summed E-state index contributed by atoms with van der Waals surface area (Å²) < 4.78 is 0. The second-order valence-electron chi connectivity index (χ2n) is 6.37. The van der Waals surface area contributed by atoms with Gasteiger partial charge in [0.05, 0.1) is 11.7 Å². The predicted molar refractivity (Wildman–Crippen MR) is 109 cm³/mol. The first-order valence-electron chi connectivity index (χ1n) is 8.82. The maximum Gasteiger partial charge on any atom is 0.255 e. The Labute approximate surface area is 168 Å². The molecule has 0 radical (unpaired) electrons. The van der Waals surface area contributed by atoms with Crippen LogP contribution in [0.25, 0.3) is 0 Å². The first-order chi connectivity index (χ1) is 13.5. The Bertz CT molecular complexity index is 964. The highest BCUT2D eigenvalue weighted by atomic mass is 35.5. The average molecular weight is 394 g/mol. The van der Waals surface area contributed by atoms with E-state index in [2.05, 4.69) is 4.98 Å². The molecule has 0 aliphatic carbocycles.